The second-order valence-corrected chi connectivity index (χ2v) is 26.3. The van der Waals surface area contributed by atoms with Gasteiger partial charge in [-0.25, -0.2) is 0 Å². The Morgan fingerprint density at radius 2 is 0.913 bits per heavy atom. The third-order valence-corrected chi connectivity index (χ3v) is 16.9. The standard InChI is InChI=1S/C66H73BN2/c1-40-30-58-60-59(31-40)69(55-29-25-46(62(6,7)8)35-47(55)44-22-26-48-49(33-44)64(11,12)38-63(48,9)10)57-37-51-50(65(13,14)39-66(51,15)16)36-53(57)67(60)52-34-43(42-20-18-17-19-21-42)23-27-56(52)68(58)54-28-24-45(32-41(54)2)61(3,4)5/h17-37H,38-39H2,1-16H3. The van der Waals surface area contributed by atoms with E-state index in [1.54, 1.807) is 0 Å². The summed E-state index contributed by atoms with van der Waals surface area (Å²) in [6.45, 7) is 38.3. The molecule has 0 fully saturated rings. The first-order valence-electron chi connectivity index (χ1n) is 25.8. The average Bonchev–Trinajstić information content (AvgIpc) is 3.58. The Labute approximate surface area is 415 Å². The van der Waals surface area contributed by atoms with Gasteiger partial charge in [-0.2, -0.15) is 0 Å². The number of fused-ring (bicyclic) bond motifs is 6. The van der Waals surface area contributed by atoms with Gasteiger partial charge in [-0.1, -0.05) is 182 Å². The van der Waals surface area contributed by atoms with Crippen molar-refractivity contribution in [3.05, 3.63) is 172 Å². The minimum atomic E-state index is -0.0316. The van der Waals surface area contributed by atoms with Gasteiger partial charge in [0.15, 0.2) is 0 Å². The molecular formula is C66H73BN2. The van der Waals surface area contributed by atoms with Crippen LogP contribution in [0.2, 0.25) is 0 Å². The zero-order chi connectivity index (χ0) is 49.1. The maximum Gasteiger partial charge on any atom is 0.252 e. The minimum Gasteiger partial charge on any atom is -0.311 e. The van der Waals surface area contributed by atoms with Crippen LogP contribution in [0.25, 0.3) is 22.3 Å². The summed E-state index contributed by atoms with van der Waals surface area (Å²) in [4.78, 5) is 5.33. The van der Waals surface area contributed by atoms with E-state index in [1.807, 2.05) is 0 Å². The predicted octanol–water partition coefficient (Wildman–Crippen LogP) is 16.2. The van der Waals surface area contributed by atoms with Crippen LogP contribution in [0.1, 0.15) is 154 Å². The average molecular weight is 905 g/mol. The van der Waals surface area contributed by atoms with Gasteiger partial charge in [0.1, 0.15) is 0 Å². The number of nitrogens with zero attached hydrogens (tertiary/aromatic N) is 2. The van der Waals surface area contributed by atoms with E-state index in [2.05, 4.69) is 248 Å². The third kappa shape index (κ3) is 7.10. The van der Waals surface area contributed by atoms with Gasteiger partial charge in [0.2, 0.25) is 0 Å². The molecule has 7 aromatic rings. The van der Waals surface area contributed by atoms with Crippen molar-refractivity contribution in [3.8, 4) is 22.3 Å². The van der Waals surface area contributed by atoms with Gasteiger partial charge in [-0.15, -0.1) is 0 Å². The molecule has 3 heteroatoms. The lowest BCUT2D eigenvalue weighted by molar-refractivity contribution is 0.403. The third-order valence-electron chi connectivity index (χ3n) is 16.9. The Hall–Kier alpha value is -5.80. The molecule has 0 saturated heterocycles. The molecule has 350 valence electrons. The largest absolute Gasteiger partial charge is 0.311 e. The summed E-state index contributed by atoms with van der Waals surface area (Å²) >= 11 is 0. The lowest BCUT2D eigenvalue weighted by Crippen LogP contribution is -2.61. The van der Waals surface area contributed by atoms with Crippen molar-refractivity contribution in [2.75, 3.05) is 9.80 Å². The van der Waals surface area contributed by atoms with Crippen LogP contribution in [0.3, 0.4) is 0 Å². The quantitative estimate of drug-likeness (QED) is 0.162. The normalized spacial score (nSPS) is 17.8. The Morgan fingerprint density at radius 1 is 0.406 bits per heavy atom. The molecule has 2 aliphatic heterocycles. The summed E-state index contributed by atoms with van der Waals surface area (Å²) in [7, 11) is 0. The summed E-state index contributed by atoms with van der Waals surface area (Å²) in [5.74, 6) is 0. The van der Waals surface area contributed by atoms with Gasteiger partial charge in [0.05, 0.1) is 5.69 Å². The first-order chi connectivity index (χ1) is 32.2. The monoisotopic (exact) mass is 905 g/mol. The van der Waals surface area contributed by atoms with E-state index < -0.39 is 0 Å². The summed E-state index contributed by atoms with van der Waals surface area (Å²) in [6, 6.07) is 50.7. The maximum absolute atomic E-state index is 2.71. The van der Waals surface area contributed by atoms with Crippen molar-refractivity contribution in [3.63, 3.8) is 0 Å². The smallest absolute Gasteiger partial charge is 0.252 e. The minimum absolute atomic E-state index is 0.0102. The molecule has 0 bridgehead atoms. The molecule has 0 spiro atoms. The van der Waals surface area contributed by atoms with Gasteiger partial charge < -0.3 is 9.80 Å². The molecule has 7 aromatic carbocycles. The van der Waals surface area contributed by atoms with E-state index in [-0.39, 0.29) is 39.2 Å². The second-order valence-electron chi connectivity index (χ2n) is 26.3. The molecule has 0 atom stereocenters. The lowest BCUT2D eigenvalue weighted by atomic mass is 9.33. The molecule has 0 N–H and O–H groups in total. The molecule has 0 amide bonds. The molecule has 2 aliphatic carbocycles. The van der Waals surface area contributed by atoms with Crippen molar-refractivity contribution in [1.82, 2.24) is 0 Å². The number of hydrogen-bond acceptors (Lipinski definition) is 2. The molecule has 4 aliphatic rings. The second kappa shape index (κ2) is 14.9. The fraction of sp³-hybridized carbons (Fsp3) is 0.364. The highest BCUT2D eigenvalue weighted by molar-refractivity contribution is 7.00. The van der Waals surface area contributed by atoms with E-state index in [1.165, 1.54) is 117 Å². The van der Waals surface area contributed by atoms with Crippen molar-refractivity contribution < 1.29 is 0 Å². The molecular weight excluding hydrogens is 832 g/mol. The highest BCUT2D eigenvalue weighted by Crippen LogP contribution is 2.55. The number of anilines is 6. The van der Waals surface area contributed by atoms with Gasteiger partial charge in [0.25, 0.3) is 6.71 Å². The van der Waals surface area contributed by atoms with Crippen LogP contribution >= 0.6 is 0 Å². The highest BCUT2D eigenvalue weighted by atomic mass is 15.2. The molecule has 0 aromatic heterocycles. The van der Waals surface area contributed by atoms with Crippen molar-refractivity contribution in [1.29, 1.82) is 0 Å². The molecule has 11 rings (SSSR count). The first-order valence-corrected chi connectivity index (χ1v) is 25.8. The Balaban J connectivity index is 1.26. The summed E-state index contributed by atoms with van der Waals surface area (Å²) in [5.41, 5.74) is 28.2. The SMILES string of the molecule is Cc1cc2c3c(c1)N(c1ccc(C(C)(C)C)cc1-c1ccc4c(c1)C(C)(C)CC4(C)C)c1cc4c(cc1B3c1cc(-c3ccccc3)ccc1N2c1ccc(C(C)(C)C)cc1C)C(C)(C)CC4(C)C. The zero-order valence-corrected chi connectivity index (χ0v) is 44.5. The predicted molar refractivity (Wildman–Crippen MR) is 300 cm³/mol. The van der Waals surface area contributed by atoms with Gasteiger partial charge >= 0.3 is 0 Å². The zero-order valence-electron chi connectivity index (χ0n) is 44.5. The molecule has 2 nitrogen and oxygen atoms in total. The van der Waals surface area contributed by atoms with E-state index in [4.69, 9.17) is 0 Å². The summed E-state index contributed by atoms with van der Waals surface area (Å²) < 4.78 is 0. The van der Waals surface area contributed by atoms with Gasteiger partial charge in [0, 0.05) is 34.0 Å². The maximum atomic E-state index is 2.71. The van der Waals surface area contributed by atoms with E-state index >= 15 is 0 Å². The van der Waals surface area contributed by atoms with Crippen LogP contribution in [0, 0.1) is 13.8 Å². The highest BCUT2D eigenvalue weighted by Gasteiger charge is 2.49. The van der Waals surface area contributed by atoms with E-state index in [0.717, 1.165) is 12.8 Å². The number of hydrogen-bond donors (Lipinski definition) is 0. The Bertz CT molecular complexity index is 3270. The van der Waals surface area contributed by atoms with Crippen LogP contribution in [-0.2, 0) is 32.5 Å². The number of rotatable bonds is 4. The first kappa shape index (κ1) is 45.6. The van der Waals surface area contributed by atoms with Crippen LogP contribution in [0.5, 0.6) is 0 Å². The summed E-state index contributed by atoms with van der Waals surface area (Å²) in [5, 5.41) is 0. The van der Waals surface area contributed by atoms with Crippen LogP contribution in [0.4, 0.5) is 34.1 Å². The van der Waals surface area contributed by atoms with Gasteiger partial charge in [-0.05, 0) is 179 Å². The molecule has 2 heterocycles. The number of benzene rings is 7. The van der Waals surface area contributed by atoms with Crippen LogP contribution in [0.15, 0.2) is 127 Å². The molecule has 0 unspecified atom stereocenters. The molecule has 69 heavy (non-hydrogen) atoms. The summed E-state index contributed by atoms with van der Waals surface area (Å²) in [6.07, 6.45) is 2.25. The molecule has 0 radical (unpaired) electrons. The van der Waals surface area contributed by atoms with Crippen LogP contribution in [-0.4, -0.2) is 6.71 Å². The van der Waals surface area contributed by atoms with Crippen molar-refractivity contribution in [2.24, 2.45) is 0 Å². The van der Waals surface area contributed by atoms with E-state index in [9.17, 15) is 0 Å². The van der Waals surface area contributed by atoms with Crippen LogP contribution < -0.4 is 26.2 Å². The van der Waals surface area contributed by atoms with Gasteiger partial charge in [-0.3, -0.25) is 0 Å². The number of aryl methyl sites for hydroxylation is 2. The fourth-order valence-corrected chi connectivity index (χ4v) is 13.9. The molecule has 0 saturated carbocycles. The Morgan fingerprint density at radius 3 is 1.52 bits per heavy atom. The Kier molecular flexibility index (Phi) is 9.83. The van der Waals surface area contributed by atoms with E-state index in [0.29, 0.717) is 0 Å². The van der Waals surface area contributed by atoms with Crippen molar-refractivity contribution >= 4 is 57.2 Å². The topological polar surface area (TPSA) is 6.48 Å². The fourth-order valence-electron chi connectivity index (χ4n) is 13.9. The van der Waals surface area contributed by atoms with Crippen molar-refractivity contribution in [2.45, 2.75) is 156 Å². The lowest BCUT2D eigenvalue weighted by Gasteiger charge is -2.45.